The lowest BCUT2D eigenvalue weighted by Gasteiger charge is -2.08. The predicted molar refractivity (Wildman–Crippen MR) is 73.7 cm³/mol. The highest BCUT2D eigenvalue weighted by atomic mass is 16.5. The van der Waals surface area contributed by atoms with Crippen LogP contribution in [0.3, 0.4) is 0 Å². The molecular weight excluding hydrogens is 240 g/mol. The van der Waals surface area contributed by atoms with Gasteiger partial charge >= 0.3 is 0 Å². The molecule has 0 radical (unpaired) electrons. The molecule has 2 N–H and O–H groups in total. The van der Waals surface area contributed by atoms with E-state index in [9.17, 15) is 0 Å². The van der Waals surface area contributed by atoms with Crippen LogP contribution in [0.4, 0.5) is 0 Å². The van der Waals surface area contributed by atoms with E-state index in [1.165, 1.54) is 5.56 Å². The maximum atomic E-state index is 5.75. The van der Waals surface area contributed by atoms with Gasteiger partial charge in [0, 0.05) is 13.1 Å². The minimum absolute atomic E-state index is 0.242. The van der Waals surface area contributed by atoms with Crippen LogP contribution in [0.2, 0.25) is 0 Å². The number of nitrogens with two attached hydrogens (primary N) is 1. The van der Waals surface area contributed by atoms with Crippen LogP contribution in [0.1, 0.15) is 24.7 Å². The highest BCUT2D eigenvalue weighted by Gasteiger charge is 2.02. The second kappa shape index (κ2) is 6.33. The van der Waals surface area contributed by atoms with Crippen molar-refractivity contribution in [2.24, 2.45) is 12.8 Å². The molecule has 5 nitrogen and oxygen atoms in total. The fourth-order valence-corrected chi connectivity index (χ4v) is 1.73. The topological polar surface area (TPSA) is 66.0 Å². The van der Waals surface area contributed by atoms with Crippen LogP contribution in [0.25, 0.3) is 0 Å². The summed E-state index contributed by atoms with van der Waals surface area (Å²) in [7, 11) is 1.90. The minimum atomic E-state index is 0.242. The Morgan fingerprint density at radius 2 is 2.05 bits per heavy atom. The summed E-state index contributed by atoms with van der Waals surface area (Å²) in [5, 5.41) is 7.78. The van der Waals surface area contributed by atoms with Gasteiger partial charge < -0.3 is 15.0 Å². The van der Waals surface area contributed by atoms with Crippen LogP contribution in [0.15, 0.2) is 30.6 Å². The third kappa shape index (κ3) is 4.06. The summed E-state index contributed by atoms with van der Waals surface area (Å²) >= 11 is 0. The minimum Gasteiger partial charge on any atom is -0.486 e. The molecule has 0 amide bonds. The van der Waals surface area contributed by atoms with Crippen molar-refractivity contribution in [1.29, 1.82) is 0 Å². The van der Waals surface area contributed by atoms with Crippen molar-refractivity contribution < 1.29 is 4.74 Å². The Balaban J connectivity index is 1.86. The average molecular weight is 260 g/mol. The number of ether oxygens (including phenoxy) is 1. The first-order valence-corrected chi connectivity index (χ1v) is 6.45. The van der Waals surface area contributed by atoms with Gasteiger partial charge in [0.1, 0.15) is 18.7 Å². The standard InChI is InChI=1S/C14H20N4O/c1-11(15)3-4-12-5-7-13(8-6-12)19-9-14-17-16-10-18(14)2/h5-8,10-11H,3-4,9,15H2,1-2H3. The van der Waals surface area contributed by atoms with E-state index in [2.05, 4.69) is 22.3 Å². The lowest BCUT2D eigenvalue weighted by Crippen LogP contribution is -2.15. The van der Waals surface area contributed by atoms with Crippen molar-refractivity contribution in [2.45, 2.75) is 32.4 Å². The summed E-state index contributed by atoms with van der Waals surface area (Å²) in [4.78, 5) is 0. The van der Waals surface area contributed by atoms with E-state index in [1.807, 2.05) is 30.7 Å². The lowest BCUT2D eigenvalue weighted by atomic mass is 10.1. The third-order valence-electron chi connectivity index (χ3n) is 2.98. The van der Waals surface area contributed by atoms with Crippen molar-refractivity contribution in [3.8, 4) is 5.75 Å². The van der Waals surface area contributed by atoms with Gasteiger partial charge in [0.15, 0.2) is 5.82 Å². The van der Waals surface area contributed by atoms with Crippen LogP contribution in [0, 0.1) is 0 Å². The Labute approximate surface area is 113 Å². The molecule has 1 aromatic carbocycles. The smallest absolute Gasteiger partial charge is 0.170 e. The zero-order valence-corrected chi connectivity index (χ0v) is 11.4. The zero-order valence-electron chi connectivity index (χ0n) is 11.4. The van der Waals surface area contributed by atoms with Gasteiger partial charge in [-0.05, 0) is 37.5 Å². The number of aromatic nitrogens is 3. The molecular formula is C14H20N4O. The molecule has 102 valence electrons. The molecule has 0 fully saturated rings. The van der Waals surface area contributed by atoms with Crippen LogP contribution < -0.4 is 10.5 Å². The summed E-state index contributed by atoms with van der Waals surface area (Å²) < 4.78 is 7.51. The largest absolute Gasteiger partial charge is 0.486 e. The molecule has 1 unspecified atom stereocenters. The van der Waals surface area contributed by atoms with Crippen LogP contribution in [-0.4, -0.2) is 20.8 Å². The monoisotopic (exact) mass is 260 g/mol. The Kier molecular flexibility index (Phi) is 4.52. The van der Waals surface area contributed by atoms with Gasteiger partial charge in [0.05, 0.1) is 0 Å². The van der Waals surface area contributed by atoms with E-state index in [1.54, 1.807) is 6.33 Å². The molecule has 19 heavy (non-hydrogen) atoms. The SMILES string of the molecule is CC(N)CCc1ccc(OCc2nncn2C)cc1. The van der Waals surface area contributed by atoms with Gasteiger partial charge in [-0.3, -0.25) is 0 Å². The normalized spacial score (nSPS) is 12.4. The van der Waals surface area contributed by atoms with Crippen molar-refractivity contribution in [3.05, 3.63) is 42.0 Å². The van der Waals surface area contributed by atoms with E-state index in [4.69, 9.17) is 10.5 Å². The Bertz CT molecular complexity index is 504. The molecule has 1 atom stereocenters. The molecule has 1 heterocycles. The highest BCUT2D eigenvalue weighted by Crippen LogP contribution is 2.14. The predicted octanol–water partition coefficient (Wildman–Crippen LogP) is 1.67. The van der Waals surface area contributed by atoms with Crippen molar-refractivity contribution in [3.63, 3.8) is 0 Å². The number of rotatable bonds is 6. The van der Waals surface area contributed by atoms with E-state index in [0.717, 1.165) is 24.4 Å². The lowest BCUT2D eigenvalue weighted by molar-refractivity contribution is 0.291. The van der Waals surface area contributed by atoms with Gasteiger partial charge in [-0.15, -0.1) is 10.2 Å². The molecule has 0 spiro atoms. The number of benzene rings is 1. The Hall–Kier alpha value is -1.88. The van der Waals surface area contributed by atoms with Crippen LogP contribution in [-0.2, 0) is 20.1 Å². The molecule has 5 heteroatoms. The Morgan fingerprint density at radius 1 is 1.32 bits per heavy atom. The fourth-order valence-electron chi connectivity index (χ4n) is 1.73. The number of hydrogen-bond donors (Lipinski definition) is 1. The number of hydrogen-bond acceptors (Lipinski definition) is 4. The second-order valence-corrected chi connectivity index (χ2v) is 4.81. The second-order valence-electron chi connectivity index (χ2n) is 4.81. The molecule has 1 aromatic heterocycles. The van der Waals surface area contributed by atoms with Gasteiger partial charge in [-0.2, -0.15) is 0 Å². The first-order chi connectivity index (χ1) is 9.15. The molecule has 0 aliphatic heterocycles. The van der Waals surface area contributed by atoms with Crippen molar-refractivity contribution in [2.75, 3.05) is 0 Å². The fraction of sp³-hybridized carbons (Fsp3) is 0.429. The van der Waals surface area contributed by atoms with Crippen LogP contribution in [0.5, 0.6) is 5.75 Å². The van der Waals surface area contributed by atoms with E-state index >= 15 is 0 Å². The molecule has 0 saturated heterocycles. The summed E-state index contributed by atoms with van der Waals surface area (Å²) in [6.45, 7) is 2.45. The molecule has 0 aliphatic rings. The molecule has 2 aromatic rings. The maximum absolute atomic E-state index is 5.75. The van der Waals surface area contributed by atoms with Gasteiger partial charge in [-0.25, -0.2) is 0 Å². The first-order valence-electron chi connectivity index (χ1n) is 6.45. The van der Waals surface area contributed by atoms with Crippen LogP contribution >= 0.6 is 0 Å². The maximum Gasteiger partial charge on any atom is 0.170 e. The summed E-state index contributed by atoms with van der Waals surface area (Å²) in [5.74, 6) is 1.65. The summed E-state index contributed by atoms with van der Waals surface area (Å²) in [6, 6.07) is 8.36. The molecule has 2 rings (SSSR count). The van der Waals surface area contributed by atoms with Crippen molar-refractivity contribution >= 4 is 0 Å². The number of nitrogens with zero attached hydrogens (tertiary/aromatic N) is 3. The van der Waals surface area contributed by atoms with Gasteiger partial charge in [0.25, 0.3) is 0 Å². The highest BCUT2D eigenvalue weighted by molar-refractivity contribution is 5.27. The number of aryl methyl sites for hydroxylation is 2. The first kappa shape index (κ1) is 13.5. The van der Waals surface area contributed by atoms with E-state index in [0.29, 0.717) is 6.61 Å². The molecule has 0 aliphatic carbocycles. The Morgan fingerprint density at radius 3 is 2.63 bits per heavy atom. The molecule has 0 saturated carbocycles. The third-order valence-corrected chi connectivity index (χ3v) is 2.98. The summed E-state index contributed by atoms with van der Waals surface area (Å²) in [5.41, 5.74) is 7.03. The van der Waals surface area contributed by atoms with Gasteiger partial charge in [-0.1, -0.05) is 12.1 Å². The zero-order chi connectivity index (χ0) is 13.7. The van der Waals surface area contributed by atoms with E-state index in [-0.39, 0.29) is 6.04 Å². The average Bonchev–Trinajstić information content (AvgIpc) is 2.81. The summed E-state index contributed by atoms with van der Waals surface area (Å²) in [6.07, 6.45) is 3.66. The van der Waals surface area contributed by atoms with E-state index < -0.39 is 0 Å². The molecule has 0 bridgehead atoms. The van der Waals surface area contributed by atoms with Gasteiger partial charge in [0.2, 0.25) is 0 Å². The quantitative estimate of drug-likeness (QED) is 0.858. The van der Waals surface area contributed by atoms with Crippen molar-refractivity contribution in [1.82, 2.24) is 14.8 Å².